The number of likely N-dealkylation sites (tertiary alicyclic amines) is 1. The van der Waals surface area contributed by atoms with E-state index in [1.54, 1.807) is 4.90 Å². The Morgan fingerprint density at radius 2 is 1.87 bits per heavy atom. The highest BCUT2D eigenvalue weighted by molar-refractivity contribution is 5.97. The second-order valence-electron chi connectivity index (χ2n) is 13.7. The largest absolute Gasteiger partial charge is 0.463 e. The first-order valence-corrected chi connectivity index (χ1v) is 17.0. The highest BCUT2D eigenvalue weighted by atomic mass is 16.5. The molecule has 9 nitrogen and oxygen atoms in total. The Morgan fingerprint density at radius 3 is 2.61 bits per heavy atom. The third kappa shape index (κ3) is 5.91. The van der Waals surface area contributed by atoms with Gasteiger partial charge in [-0.05, 0) is 75.2 Å². The molecule has 3 aliphatic heterocycles. The number of carbonyl (C=O) groups is 1. The van der Waals surface area contributed by atoms with Gasteiger partial charge < -0.3 is 29.2 Å². The fourth-order valence-electron chi connectivity index (χ4n) is 8.06. The molecule has 3 aromatic rings. The van der Waals surface area contributed by atoms with Crippen LogP contribution in [0.1, 0.15) is 48.9 Å². The van der Waals surface area contributed by atoms with E-state index in [0.29, 0.717) is 38.8 Å². The molecular formula is C37H45N7O2. The average molecular weight is 620 g/mol. The van der Waals surface area contributed by atoms with E-state index in [4.69, 9.17) is 21.3 Å². The van der Waals surface area contributed by atoms with Crippen molar-refractivity contribution in [2.45, 2.75) is 58.0 Å². The molecule has 2 aromatic carbocycles. The lowest BCUT2D eigenvalue weighted by molar-refractivity contribution is -0.128. The number of piperazine rings is 1. The lowest BCUT2D eigenvalue weighted by Crippen LogP contribution is -2.56. The first kappa shape index (κ1) is 30.5. The van der Waals surface area contributed by atoms with Crippen molar-refractivity contribution in [1.29, 1.82) is 0 Å². The van der Waals surface area contributed by atoms with Crippen LogP contribution in [0.3, 0.4) is 0 Å². The summed E-state index contributed by atoms with van der Waals surface area (Å²) in [6, 6.07) is 13.3. The summed E-state index contributed by atoms with van der Waals surface area (Å²) in [4.78, 5) is 35.6. The van der Waals surface area contributed by atoms with Crippen LogP contribution in [0.15, 0.2) is 49.1 Å². The Balaban J connectivity index is 1.21. The van der Waals surface area contributed by atoms with Gasteiger partial charge >= 0.3 is 6.01 Å². The molecule has 1 amide bonds. The zero-order valence-corrected chi connectivity index (χ0v) is 27.1. The molecule has 1 unspecified atom stereocenters. The molecule has 1 atom stereocenters. The van der Waals surface area contributed by atoms with Gasteiger partial charge in [0, 0.05) is 54.8 Å². The Morgan fingerprint density at radius 1 is 1.07 bits per heavy atom. The fraction of sp³-hybridized carbons (Fsp3) is 0.514. The SMILES string of the molecule is [C-]#[N+]CC1CN(c2nc(OCC3(CN4CCCC4)CCC3)nc3c2CCN(c2cccc4cccc(C)c24)C3)CCN1C(=O)C=C. The van der Waals surface area contributed by atoms with Crippen molar-refractivity contribution >= 4 is 28.2 Å². The molecule has 1 aromatic heterocycles. The summed E-state index contributed by atoms with van der Waals surface area (Å²) in [7, 11) is 0. The van der Waals surface area contributed by atoms with Crippen LogP contribution >= 0.6 is 0 Å². The maximum absolute atomic E-state index is 12.6. The minimum absolute atomic E-state index is 0.119. The molecule has 9 heteroatoms. The lowest BCUT2D eigenvalue weighted by Gasteiger charge is -2.44. The van der Waals surface area contributed by atoms with Crippen molar-refractivity contribution in [1.82, 2.24) is 19.8 Å². The van der Waals surface area contributed by atoms with Gasteiger partial charge in [-0.2, -0.15) is 9.97 Å². The number of fused-ring (bicyclic) bond motifs is 2. The van der Waals surface area contributed by atoms with E-state index in [9.17, 15) is 4.79 Å². The number of hydrogen-bond donors (Lipinski definition) is 0. The smallest absolute Gasteiger partial charge is 0.318 e. The van der Waals surface area contributed by atoms with Crippen LogP contribution in [-0.4, -0.2) is 90.7 Å². The summed E-state index contributed by atoms with van der Waals surface area (Å²) in [6.07, 6.45) is 8.38. The van der Waals surface area contributed by atoms with Crippen LogP contribution in [-0.2, 0) is 17.8 Å². The van der Waals surface area contributed by atoms with Crippen molar-refractivity contribution < 1.29 is 9.53 Å². The van der Waals surface area contributed by atoms with Crippen molar-refractivity contribution in [3.63, 3.8) is 0 Å². The molecule has 2 saturated heterocycles. The molecule has 46 heavy (non-hydrogen) atoms. The van der Waals surface area contributed by atoms with Crippen LogP contribution < -0.4 is 14.5 Å². The molecule has 3 fully saturated rings. The number of nitrogens with zero attached hydrogens (tertiary/aromatic N) is 7. The average Bonchev–Trinajstić information content (AvgIpc) is 3.58. The first-order chi connectivity index (χ1) is 22.5. The van der Waals surface area contributed by atoms with E-state index in [1.807, 2.05) is 0 Å². The number of benzene rings is 2. The Labute approximate surface area is 272 Å². The van der Waals surface area contributed by atoms with E-state index >= 15 is 0 Å². The Hall–Kier alpha value is -4.16. The highest BCUT2D eigenvalue weighted by Gasteiger charge is 2.41. The van der Waals surface area contributed by atoms with Crippen molar-refractivity contribution in [3.05, 3.63) is 77.3 Å². The first-order valence-electron chi connectivity index (χ1n) is 17.0. The van der Waals surface area contributed by atoms with E-state index in [2.05, 4.69) is 69.4 Å². The fourth-order valence-corrected chi connectivity index (χ4v) is 8.06. The second kappa shape index (κ2) is 12.9. The number of rotatable bonds is 9. The third-order valence-corrected chi connectivity index (χ3v) is 10.7. The zero-order valence-electron chi connectivity index (χ0n) is 27.1. The van der Waals surface area contributed by atoms with Gasteiger partial charge in [0.2, 0.25) is 12.5 Å². The Kier molecular flexibility index (Phi) is 8.56. The third-order valence-electron chi connectivity index (χ3n) is 10.7. The van der Waals surface area contributed by atoms with E-state index in [0.717, 1.165) is 36.6 Å². The standard InChI is InChI=1S/C37H45N7O2/c1-4-33(45)44-21-20-43(23-29(44)22-38-3)35-30-14-19-42(32-13-8-12-28-11-7-10-27(2)34(28)32)24-31(30)39-36(40-35)46-26-37(15-9-16-37)25-41-17-5-6-18-41/h4,7-8,10-13,29H,1,5-6,9,14-26H2,2H3. The molecule has 1 saturated carbocycles. The maximum Gasteiger partial charge on any atom is 0.318 e. The van der Waals surface area contributed by atoms with Gasteiger partial charge in [-0.3, -0.25) is 4.79 Å². The minimum atomic E-state index is -0.218. The van der Waals surface area contributed by atoms with Gasteiger partial charge in [0.05, 0.1) is 18.8 Å². The number of aryl methyl sites for hydroxylation is 1. The summed E-state index contributed by atoms with van der Waals surface area (Å²) < 4.78 is 6.58. The van der Waals surface area contributed by atoms with Crippen molar-refractivity contribution in [2.24, 2.45) is 5.41 Å². The van der Waals surface area contributed by atoms with Crippen molar-refractivity contribution in [2.75, 3.05) is 68.8 Å². The zero-order chi connectivity index (χ0) is 31.7. The lowest BCUT2D eigenvalue weighted by atomic mass is 9.69. The monoisotopic (exact) mass is 619 g/mol. The molecule has 7 rings (SSSR count). The van der Waals surface area contributed by atoms with Gasteiger partial charge in [0.1, 0.15) is 11.9 Å². The summed E-state index contributed by atoms with van der Waals surface area (Å²) >= 11 is 0. The van der Waals surface area contributed by atoms with Crippen LogP contribution in [0.5, 0.6) is 6.01 Å². The normalized spacial score (nSPS) is 21.0. The quantitative estimate of drug-likeness (QED) is 0.239. The van der Waals surface area contributed by atoms with Crippen molar-refractivity contribution in [3.8, 4) is 6.01 Å². The van der Waals surface area contributed by atoms with E-state index in [-0.39, 0.29) is 23.9 Å². The van der Waals surface area contributed by atoms with E-state index in [1.165, 1.54) is 73.3 Å². The second-order valence-corrected chi connectivity index (χ2v) is 13.7. The number of carbonyl (C=O) groups excluding carboxylic acids is 1. The molecule has 0 N–H and O–H groups in total. The molecule has 4 heterocycles. The summed E-state index contributed by atoms with van der Waals surface area (Å²) in [5.41, 5.74) is 4.84. The predicted octanol–water partition coefficient (Wildman–Crippen LogP) is 5.27. The molecule has 0 spiro atoms. The molecular weight excluding hydrogens is 574 g/mol. The molecule has 1 aliphatic carbocycles. The van der Waals surface area contributed by atoms with Gasteiger partial charge in [-0.1, -0.05) is 43.3 Å². The van der Waals surface area contributed by atoms with Crippen LogP contribution in [0, 0.1) is 18.9 Å². The van der Waals surface area contributed by atoms with Crippen LogP contribution in [0.2, 0.25) is 0 Å². The molecule has 0 bridgehead atoms. The Bertz CT molecular complexity index is 1650. The van der Waals surface area contributed by atoms with Crippen LogP contribution in [0.4, 0.5) is 11.5 Å². The van der Waals surface area contributed by atoms with Gasteiger partial charge in [-0.25, -0.2) is 6.57 Å². The molecule has 4 aliphatic rings. The highest BCUT2D eigenvalue weighted by Crippen LogP contribution is 2.43. The summed E-state index contributed by atoms with van der Waals surface area (Å²) in [5, 5.41) is 2.54. The van der Waals surface area contributed by atoms with Gasteiger partial charge in [-0.15, -0.1) is 0 Å². The van der Waals surface area contributed by atoms with Crippen LogP contribution in [0.25, 0.3) is 15.6 Å². The number of amides is 1. The molecule has 240 valence electrons. The van der Waals surface area contributed by atoms with E-state index < -0.39 is 0 Å². The van der Waals surface area contributed by atoms with Gasteiger partial charge in [0.25, 0.3) is 0 Å². The number of aromatic nitrogens is 2. The number of hydrogen-bond acceptors (Lipinski definition) is 7. The molecule has 0 radical (unpaired) electrons. The predicted molar refractivity (Wildman–Crippen MR) is 182 cm³/mol. The maximum atomic E-state index is 12.6. The number of ether oxygens (including phenoxy) is 1. The topological polar surface area (TPSA) is 69.4 Å². The summed E-state index contributed by atoms with van der Waals surface area (Å²) in [6.45, 7) is 21.1. The number of anilines is 2. The van der Waals surface area contributed by atoms with Gasteiger partial charge in [0.15, 0.2) is 0 Å². The summed E-state index contributed by atoms with van der Waals surface area (Å²) in [5.74, 6) is 0.781. The minimum Gasteiger partial charge on any atom is -0.463 e.